The van der Waals surface area contributed by atoms with Crippen molar-refractivity contribution in [2.45, 2.75) is 38.6 Å². The molecule has 0 saturated heterocycles. The number of fused-ring (bicyclic) bond motifs is 1. The molecule has 4 rings (SSSR count). The third-order valence-corrected chi connectivity index (χ3v) is 8.52. The van der Waals surface area contributed by atoms with E-state index in [4.69, 9.17) is 0 Å². The summed E-state index contributed by atoms with van der Waals surface area (Å²) in [6.45, 7) is 7.33. The van der Waals surface area contributed by atoms with Gasteiger partial charge < -0.3 is 5.32 Å². The molecule has 0 saturated carbocycles. The second kappa shape index (κ2) is 9.67. The van der Waals surface area contributed by atoms with Crippen molar-refractivity contribution in [3.05, 3.63) is 87.5 Å². The topological polar surface area (TPSA) is 88.5 Å². The lowest BCUT2D eigenvalue weighted by molar-refractivity contribution is -0.114. The zero-order valence-electron chi connectivity index (χ0n) is 20.0. The first kappa shape index (κ1) is 24.7. The Kier molecular flexibility index (Phi) is 6.82. The minimum absolute atomic E-state index is 0.0198. The van der Waals surface area contributed by atoms with Crippen LogP contribution in [-0.2, 0) is 14.8 Å². The first-order valence-electron chi connectivity index (χ1n) is 11.2. The summed E-state index contributed by atoms with van der Waals surface area (Å²) in [5.41, 5.74) is 3.66. The van der Waals surface area contributed by atoms with E-state index in [-0.39, 0.29) is 15.8 Å². The number of nitrogens with one attached hydrogen (secondary N) is 1. The molecule has 0 aliphatic carbocycles. The lowest BCUT2D eigenvalue weighted by atomic mass is 10.1. The SMILES string of the molecule is Cc1ccc(N(CC(=O)Nc2ccc3c(c2)sc(=O)n3C(C)C)S(=O)(=O)c2ccccc2)cc1C. The van der Waals surface area contributed by atoms with Gasteiger partial charge in [0, 0.05) is 11.7 Å². The number of thiazole rings is 1. The number of nitrogens with zero attached hydrogens (tertiary/aromatic N) is 2. The maximum absolute atomic E-state index is 13.5. The average Bonchev–Trinajstić information content (AvgIpc) is 3.15. The highest BCUT2D eigenvalue weighted by atomic mass is 32.2. The summed E-state index contributed by atoms with van der Waals surface area (Å²) in [6, 6.07) is 18.6. The fourth-order valence-corrected chi connectivity index (χ4v) is 6.34. The monoisotopic (exact) mass is 509 g/mol. The fraction of sp³-hybridized carbons (Fsp3) is 0.231. The third-order valence-electron chi connectivity index (χ3n) is 5.81. The number of rotatable bonds is 7. The summed E-state index contributed by atoms with van der Waals surface area (Å²) in [5, 5.41) is 2.79. The number of aryl methyl sites for hydroxylation is 2. The van der Waals surface area contributed by atoms with Gasteiger partial charge in [-0.1, -0.05) is 35.6 Å². The molecule has 0 aliphatic heterocycles. The number of anilines is 2. The zero-order chi connectivity index (χ0) is 25.3. The van der Waals surface area contributed by atoms with Gasteiger partial charge in [-0.05, 0) is 81.3 Å². The summed E-state index contributed by atoms with van der Waals surface area (Å²) in [4.78, 5) is 25.4. The van der Waals surface area contributed by atoms with E-state index in [1.54, 1.807) is 53.1 Å². The maximum Gasteiger partial charge on any atom is 0.308 e. The number of hydrogen-bond donors (Lipinski definition) is 1. The molecule has 35 heavy (non-hydrogen) atoms. The van der Waals surface area contributed by atoms with Crippen molar-refractivity contribution in [2.24, 2.45) is 0 Å². The standard InChI is InChI=1S/C26H27N3O4S2/c1-17(2)29-23-13-11-20(15-24(23)34-26(29)31)27-25(30)16-28(21-12-10-18(3)19(4)14-21)35(32,33)22-8-6-5-7-9-22/h5-15,17H,16H2,1-4H3,(H,27,30). The molecule has 0 radical (unpaired) electrons. The molecule has 1 amide bonds. The summed E-state index contributed by atoms with van der Waals surface area (Å²) in [5.74, 6) is -0.488. The van der Waals surface area contributed by atoms with Gasteiger partial charge in [-0.25, -0.2) is 8.42 Å². The fourth-order valence-electron chi connectivity index (χ4n) is 3.85. The second-order valence-electron chi connectivity index (χ2n) is 8.66. The molecule has 0 unspecified atom stereocenters. The van der Waals surface area contributed by atoms with Gasteiger partial charge in [-0.15, -0.1) is 0 Å². The maximum atomic E-state index is 13.5. The molecule has 7 nitrogen and oxygen atoms in total. The van der Waals surface area contributed by atoms with Crippen molar-refractivity contribution >= 4 is 48.9 Å². The Labute approximate surface area is 208 Å². The van der Waals surface area contributed by atoms with Crippen molar-refractivity contribution in [2.75, 3.05) is 16.2 Å². The van der Waals surface area contributed by atoms with Crippen LogP contribution >= 0.6 is 11.3 Å². The van der Waals surface area contributed by atoms with Crippen molar-refractivity contribution < 1.29 is 13.2 Å². The van der Waals surface area contributed by atoms with Crippen LogP contribution in [0.5, 0.6) is 0 Å². The Morgan fingerprint density at radius 1 is 1.00 bits per heavy atom. The van der Waals surface area contributed by atoms with E-state index in [0.29, 0.717) is 11.4 Å². The van der Waals surface area contributed by atoms with Crippen LogP contribution in [0, 0.1) is 13.8 Å². The Morgan fingerprint density at radius 2 is 1.71 bits per heavy atom. The molecule has 1 aromatic heterocycles. The number of carbonyl (C=O) groups excluding carboxylic acids is 1. The molecular weight excluding hydrogens is 482 g/mol. The Balaban J connectivity index is 1.66. The van der Waals surface area contributed by atoms with E-state index in [1.165, 1.54) is 12.1 Å². The van der Waals surface area contributed by atoms with Crippen LogP contribution in [0.3, 0.4) is 0 Å². The molecule has 1 N–H and O–H groups in total. The molecule has 182 valence electrons. The van der Waals surface area contributed by atoms with Gasteiger partial charge in [0.05, 0.1) is 20.8 Å². The molecule has 0 bridgehead atoms. The number of carbonyl (C=O) groups is 1. The number of hydrogen-bond acceptors (Lipinski definition) is 5. The van der Waals surface area contributed by atoms with Crippen molar-refractivity contribution in [3.8, 4) is 0 Å². The zero-order valence-corrected chi connectivity index (χ0v) is 21.6. The van der Waals surface area contributed by atoms with Crippen LogP contribution in [-0.4, -0.2) is 25.4 Å². The quantitative estimate of drug-likeness (QED) is 0.376. The number of benzene rings is 3. The van der Waals surface area contributed by atoms with Crippen LogP contribution in [0.2, 0.25) is 0 Å². The third kappa shape index (κ3) is 5.01. The number of aromatic nitrogens is 1. The Bertz CT molecular complexity index is 1550. The van der Waals surface area contributed by atoms with Gasteiger partial charge in [0.15, 0.2) is 0 Å². The minimum Gasteiger partial charge on any atom is -0.324 e. The molecule has 0 atom stereocenters. The second-order valence-corrected chi connectivity index (χ2v) is 11.5. The predicted octanol–water partition coefficient (Wildman–Crippen LogP) is 5.09. The number of amides is 1. The molecule has 0 spiro atoms. The lowest BCUT2D eigenvalue weighted by Gasteiger charge is -2.25. The summed E-state index contributed by atoms with van der Waals surface area (Å²) in [6.07, 6.45) is 0. The van der Waals surface area contributed by atoms with E-state index < -0.39 is 22.5 Å². The van der Waals surface area contributed by atoms with Crippen LogP contribution < -0.4 is 14.5 Å². The molecule has 9 heteroatoms. The van der Waals surface area contributed by atoms with Gasteiger partial charge in [0.1, 0.15) is 6.54 Å². The molecule has 4 aromatic rings. The van der Waals surface area contributed by atoms with E-state index in [2.05, 4.69) is 5.32 Å². The van der Waals surface area contributed by atoms with Crippen molar-refractivity contribution in [1.29, 1.82) is 0 Å². The van der Waals surface area contributed by atoms with Crippen molar-refractivity contribution in [1.82, 2.24) is 4.57 Å². The average molecular weight is 510 g/mol. The Morgan fingerprint density at radius 3 is 2.37 bits per heavy atom. The van der Waals surface area contributed by atoms with Crippen LogP contribution in [0.4, 0.5) is 11.4 Å². The minimum atomic E-state index is -3.99. The van der Waals surface area contributed by atoms with Gasteiger partial charge in [-0.3, -0.25) is 18.5 Å². The highest BCUT2D eigenvalue weighted by Gasteiger charge is 2.27. The summed E-state index contributed by atoms with van der Waals surface area (Å²) in [7, 11) is -3.99. The van der Waals surface area contributed by atoms with Crippen LogP contribution in [0.25, 0.3) is 10.2 Å². The summed E-state index contributed by atoms with van der Waals surface area (Å²) >= 11 is 1.11. The van der Waals surface area contributed by atoms with E-state index in [0.717, 1.165) is 37.0 Å². The van der Waals surface area contributed by atoms with E-state index in [9.17, 15) is 18.0 Å². The first-order chi connectivity index (χ1) is 16.6. The van der Waals surface area contributed by atoms with Gasteiger partial charge in [0.25, 0.3) is 10.0 Å². The molecular formula is C26H27N3O4S2. The van der Waals surface area contributed by atoms with Crippen molar-refractivity contribution in [3.63, 3.8) is 0 Å². The molecule has 1 heterocycles. The van der Waals surface area contributed by atoms with Gasteiger partial charge >= 0.3 is 4.87 Å². The smallest absolute Gasteiger partial charge is 0.308 e. The largest absolute Gasteiger partial charge is 0.324 e. The first-order valence-corrected chi connectivity index (χ1v) is 13.4. The predicted molar refractivity (Wildman–Crippen MR) is 142 cm³/mol. The normalized spacial score (nSPS) is 11.7. The van der Waals surface area contributed by atoms with E-state index in [1.807, 2.05) is 33.8 Å². The molecule has 0 fully saturated rings. The molecule has 3 aromatic carbocycles. The van der Waals surface area contributed by atoms with Gasteiger partial charge in [-0.2, -0.15) is 0 Å². The highest BCUT2D eigenvalue weighted by molar-refractivity contribution is 7.92. The highest BCUT2D eigenvalue weighted by Crippen LogP contribution is 2.27. The van der Waals surface area contributed by atoms with E-state index >= 15 is 0 Å². The molecule has 0 aliphatic rings. The van der Waals surface area contributed by atoms with Crippen LogP contribution in [0.1, 0.15) is 31.0 Å². The Hall–Kier alpha value is -3.43. The van der Waals surface area contributed by atoms with Crippen LogP contribution in [0.15, 0.2) is 76.4 Å². The summed E-state index contributed by atoms with van der Waals surface area (Å²) < 4.78 is 30.6. The van der Waals surface area contributed by atoms with Gasteiger partial charge in [0.2, 0.25) is 5.91 Å². The number of sulfonamides is 1. The lowest BCUT2D eigenvalue weighted by Crippen LogP contribution is -2.38.